The molecule has 0 saturated carbocycles. The fourth-order valence-electron chi connectivity index (χ4n) is 3.84. The van der Waals surface area contributed by atoms with Crippen molar-refractivity contribution in [1.29, 1.82) is 0 Å². The molecule has 4 rings (SSSR count). The zero-order valence-corrected chi connectivity index (χ0v) is 18.2. The van der Waals surface area contributed by atoms with Crippen LogP contribution in [0.1, 0.15) is 22.6 Å². The normalized spacial score (nSPS) is 16.7. The van der Waals surface area contributed by atoms with Gasteiger partial charge in [-0.2, -0.15) is 0 Å². The molecule has 158 valence electrons. The lowest BCUT2D eigenvalue weighted by molar-refractivity contribution is -0.126. The largest absolute Gasteiger partial charge is 0.496 e. The first-order valence-electron chi connectivity index (χ1n) is 9.95. The van der Waals surface area contributed by atoms with E-state index in [9.17, 15) is 13.2 Å². The van der Waals surface area contributed by atoms with Gasteiger partial charge in [-0.3, -0.25) is 4.79 Å². The predicted molar refractivity (Wildman–Crippen MR) is 120 cm³/mol. The molecular formula is C25H23NO4S. The van der Waals surface area contributed by atoms with Gasteiger partial charge in [0.1, 0.15) is 5.75 Å². The van der Waals surface area contributed by atoms with Crippen LogP contribution in [0.3, 0.4) is 0 Å². The molecule has 1 unspecified atom stereocenters. The van der Waals surface area contributed by atoms with Crippen LogP contribution in [-0.4, -0.2) is 32.3 Å². The standard InChI is InChI=1S/C25H23NO4S/c1-18-12-14-20(15-13-18)31(28,29)26-17-16-22(21-10-6-7-11-23(21)30-2)24(25(26)27)19-8-4-3-5-9-19/h3-16,24H,17H2,1-2H3. The van der Waals surface area contributed by atoms with Crippen LogP contribution in [0.15, 0.2) is 89.8 Å². The van der Waals surface area contributed by atoms with Crippen molar-refractivity contribution >= 4 is 21.5 Å². The summed E-state index contributed by atoms with van der Waals surface area (Å²) in [6.45, 7) is 1.85. The van der Waals surface area contributed by atoms with Crippen molar-refractivity contribution in [3.63, 3.8) is 0 Å². The summed E-state index contributed by atoms with van der Waals surface area (Å²) in [6.07, 6.45) is 1.81. The maximum Gasteiger partial charge on any atom is 0.266 e. The van der Waals surface area contributed by atoms with E-state index in [2.05, 4.69) is 0 Å². The van der Waals surface area contributed by atoms with Crippen LogP contribution in [0.5, 0.6) is 5.75 Å². The minimum Gasteiger partial charge on any atom is -0.496 e. The minimum atomic E-state index is -3.98. The van der Waals surface area contributed by atoms with E-state index in [1.54, 1.807) is 19.2 Å². The van der Waals surface area contributed by atoms with Gasteiger partial charge < -0.3 is 4.74 Å². The quantitative estimate of drug-likeness (QED) is 0.598. The summed E-state index contributed by atoms with van der Waals surface area (Å²) in [4.78, 5) is 13.8. The molecule has 3 aromatic carbocycles. The van der Waals surface area contributed by atoms with Crippen molar-refractivity contribution in [1.82, 2.24) is 4.31 Å². The second kappa shape index (κ2) is 8.40. The first-order valence-corrected chi connectivity index (χ1v) is 11.4. The number of rotatable bonds is 5. The summed E-state index contributed by atoms with van der Waals surface area (Å²) in [6, 6.07) is 23.2. The Bertz CT molecular complexity index is 1230. The number of aryl methyl sites for hydroxylation is 1. The highest BCUT2D eigenvalue weighted by Gasteiger charge is 2.40. The highest BCUT2D eigenvalue weighted by Crippen LogP contribution is 2.41. The Morgan fingerprint density at radius 3 is 2.23 bits per heavy atom. The second-order valence-electron chi connectivity index (χ2n) is 7.39. The van der Waals surface area contributed by atoms with E-state index in [0.29, 0.717) is 5.75 Å². The number of benzene rings is 3. The highest BCUT2D eigenvalue weighted by molar-refractivity contribution is 7.89. The van der Waals surface area contributed by atoms with Crippen LogP contribution in [0.2, 0.25) is 0 Å². The molecule has 0 saturated heterocycles. The summed E-state index contributed by atoms with van der Waals surface area (Å²) in [5, 5.41) is 0. The molecule has 0 fully saturated rings. The first-order chi connectivity index (χ1) is 14.9. The number of hydrogen-bond acceptors (Lipinski definition) is 4. The SMILES string of the molecule is COc1ccccc1C1=CCN(S(=O)(=O)c2ccc(C)cc2)C(=O)C1c1ccccc1. The molecule has 1 amide bonds. The van der Waals surface area contributed by atoms with Gasteiger partial charge in [0.15, 0.2) is 0 Å². The van der Waals surface area contributed by atoms with E-state index < -0.39 is 21.8 Å². The number of para-hydroxylation sites is 1. The number of methoxy groups -OCH3 is 1. The lowest BCUT2D eigenvalue weighted by atomic mass is 9.83. The summed E-state index contributed by atoms with van der Waals surface area (Å²) in [5.74, 6) is -0.598. The van der Waals surface area contributed by atoms with Crippen molar-refractivity contribution in [2.24, 2.45) is 0 Å². The van der Waals surface area contributed by atoms with Gasteiger partial charge in [-0.15, -0.1) is 0 Å². The van der Waals surface area contributed by atoms with Crippen molar-refractivity contribution in [3.8, 4) is 5.75 Å². The molecule has 0 spiro atoms. The van der Waals surface area contributed by atoms with Crippen molar-refractivity contribution in [2.45, 2.75) is 17.7 Å². The Labute approximate surface area is 182 Å². The van der Waals surface area contributed by atoms with Crippen LogP contribution in [0, 0.1) is 6.92 Å². The van der Waals surface area contributed by atoms with Gasteiger partial charge in [-0.05, 0) is 36.3 Å². The minimum absolute atomic E-state index is 0.0360. The van der Waals surface area contributed by atoms with E-state index >= 15 is 0 Å². The van der Waals surface area contributed by atoms with Crippen molar-refractivity contribution in [2.75, 3.05) is 13.7 Å². The molecule has 0 aliphatic carbocycles. The molecule has 6 heteroatoms. The number of hydrogen-bond donors (Lipinski definition) is 0. The second-order valence-corrected chi connectivity index (χ2v) is 9.25. The first kappa shape index (κ1) is 20.9. The van der Waals surface area contributed by atoms with Gasteiger partial charge in [-0.1, -0.05) is 72.3 Å². The lowest BCUT2D eigenvalue weighted by Gasteiger charge is -2.32. The smallest absolute Gasteiger partial charge is 0.266 e. The third-order valence-electron chi connectivity index (χ3n) is 5.44. The van der Waals surface area contributed by atoms with E-state index in [0.717, 1.165) is 26.6 Å². The van der Waals surface area contributed by atoms with Crippen LogP contribution in [-0.2, 0) is 14.8 Å². The zero-order valence-electron chi connectivity index (χ0n) is 17.4. The van der Waals surface area contributed by atoms with E-state index in [1.165, 1.54) is 12.1 Å². The average Bonchev–Trinajstić information content (AvgIpc) is 2.79. The highest BCUT2D eigenvalue weighted by atomic mass is 32.2. The molecule has 1 aliphatic rings. The Morgan fingerprint density at radius 1 is 0.903 bits per heavy atom. The fourth-order valence-corrected chi connectivity index (χ4v) is 5.18. The molecule has 31 heavy (non-hydrogen) atoms. The van der Waals surface area contributed by atoms with E-state index in [1.807, 2.05) is 67.6 Å². The summed E-state index contributed by atoms with van der Waals surface area (Å²) in [5.41, 5.74) is 3.20. The number of ether oxygens (including phenoxy) is 1. The number of carbonyl (C=O) groups is 1. The Morgan fingerprint density at radius 2 is 1.55 bits per heavy atom. The third-order valence-corrected chi connectivity index (χ3v) is 7.22. The molecule has 5 nitrogen and oxygen atoms in total. The molecule has 0 N–H and O–H groups in total. The van der Waals surface area contributed by atoms with Crippen LogP contribution in [0.25, 0.3) is 5.57 Å². The summed E-state index contributed by atoms with van der Waals surface area (Å²) in [7, 11) is -2.40. The molecule has 3 aromatic rings. The molecule has 0 aromatic heterocycles. The van der Waals surface area contributed by atoms with Gasteiger partial charge in [0, 0.05) is 5.56 Å². The summed E-state index contributed by atoms with van der Waals surface area (Å²) < 4.78 is 33.1. The topological polar surface area (TPSA) is 63.7 Å². The van der Waals surface area contributed by atoms with Crippen molar-refractivity contribution < 1.29 is 17.9 Å². The third kappa shape index (κ3) is 3.86. The lowest BCUT2D eigenvalue weighted by Crippen LogP contribution is -2.43. The molecule has 0 bridgehead atoms. The number of carbonyl (C=O) groups excluding carboxylic acids is 1. The summed E-state index contributed by atoms with van der Waals surface area (Å²) >= 11 is 0. The van der Waals surface area contributed by atoms with Gasteiger partial charge in [0.05, 0.1) is 24.5 Å². The number of sulfonamides is 1. The Balaban J connectivity index is 1.84. The average molecular weight is 434 g/mol. The number of nitrogens with zero attached hydrogens (tertiary/aromatic N) is 1. The Kier molecular flexibility index (Phi) is 5.65. The maximum atomic E-state index is 13.7. The molecule has 1 aliphatic heterocycles. The number of amides is 1. The molecular weight excluding hydrogens is 410 g/mol. The van der Waals surface area contributed by atoms with Gasteiger partial charge in [0.25, 0.3) is 10.0 Å². The Hall–Kier alpha value is -3.38. The van der Waals surface area contributed by atoms with Crippen LogP contribution >= 0.6 is 0 Å². The van der Waals surface area contributed by atoms with E-state index in [4.69, 9.17) is 4.74 Å². The molecule has 1 atom stereocenters. The van der Waals surface area contributed by atoms with Gasteiger partial charge in [-0.25, -0.2) is 12.7 Å². The molecule has 0 radical (unpaired) electrons. The van der Waals surface area contributed by atoms with Crippen molar-refractivity contribution in [3.05, 3.63) is 102 Å². The van der Waals surface area contributed by atoms with Crippen LogP contribution in [0.4, 0.5) is 0 Å². The van der Waals surface area contributed by atoms with Gasteiger partial charge >= 0.3 is 0 Å². The van der Waals surface area contributed by atoms with E-state index in [-0.39, 0.29) is 11.4 Å². The maximum absolute atomic E-state index is 13.7. The van der Waals surface area contributed by atoms with Crippen LogP contribution < -0.4 is 4.74 Å². The van der Waals surface area contributed by atoms with Gasteiger partial charge in [0.2, 0.25) is 5.91 Å². The predicted octanol–water partition coefficient (Wildman–Crippen LogP) is 4.40. The zero-order chi connectivity index (χ0) is 22.0. The fraction of sp³-hybridized carbons (Fsp3) is 0.160. The monoisotopic (exact) mass is 433 g/mol. The molecule has 1 heterocycles.